The monoisotopic (exact) mass is 347 g/mol. The molecule has 1 aromatic carbocycles. The van der Waals surface area contributed by atoms with E-state index in [-0.39, 0.29) is 0 Å². The smallest absolute Gasteiger partial charge is 0.305 e. The van der Waals surface area contributed by atoms with Crippen LogP contribution in [0, 0.1) is 0 Å². The number of carboxylic acids is 1. The fourth-order valence-electron chi connectivity index (χ4n) is 1.87. The zero-order valence-electron chi connectivity index (χ0n) is 12.0. The number of hydrogen-bond donors (Lipinski definition) is 3. The molecular formula is C14H19Cl2N3O3. The van der Waals surface area contributed by atoms with E-state index in [1.54, 1.807) is 18.2 Å². The summed E-state index contributed by atoms with van der Waals surface area (Å²) in [5.41, 5.74) is 6.93. The summed E-state index contributed by atoms with van der Waals surface area (Å²) >= 11 is 11.5. The van der Waals surface area contributed by atoms with Gasteiger partial charge in [0.1, 0.15) is 0 Å². The SMILES string of the molecule is N[C@H](CC(=O)O)C(=O)Nc1cccc(N(CCCl)CCCl)c1. The first-order chi connectivity index (χ1) is 10.5. The molecule has 0 fully saturated rings. The zero-order chi connectivity index (χ0) is 16.5. The van der Waals surface area contributed by atoms with Gasteiger partial charge in [-0.25, -0.2) is 0 Å². The van der Waals surface area contributed by atoms with Gasteiger partial charge in [0, 0.05) is 36.2 Å². The van der Waals surface area contributed by atoms with E-state index in [1.807, 2.05) is 11.0 Å². The molecule has 22 heavy (non-hydrogen) atoms. The second kappa shape index (κ2) is 9.50. The Hall–Kier alpha value is -1.50. The average molecular weight is 348 g/mol. The van der Waals surface area contributed by atoms with Gasteiger partial charge < -0.3 is 21.1 Å². The molecule has 1 atom stereocenters. The van der Waals surface area contributed by atoms with Crippen LogP contribution in [-0.2, 0) is 9.59 Å². The minimum atomic E-state index is -1.12. The number of nitrogens with one attached hydrogen (secondary N) is 1. The average Bonchev–Trinajstić information content (AvgIpc) is 2.46. The molecule has 8 heteroatoms. The van der Waals surface area contributed by atoms with Crippen LogP contribution in [0.3, 0.4) is 0 Å². The van der Waals surface area contributed by atoms with Crippen molar-refractivity contribution in [3.05, 3.63) is 24.3 Å². The highest BCUT2D eigenvalue weighted by Crippen LogP contribution is 2.20. The number of benzene rings is 1. The molecule has 0 heterocycles. The summed E-state index contributed by atoms with van der Waals surface area (Å²) in [7, 11) is 0. The molecule has 6 nitrogen and oxygen atoms in total. The van der Waals surface area contributed by atoms with Gasteiger partial charge in [-0.05, 0) is 18.2 Å². The highest BCUT2D eigenvalue weighted by atomic mass is 35.5. The van der Waals surface area contributed by atoms with E-state index in [9.17, 15) is 9.59 Å². The zero-order valence-corrected chi connectivity index (χ0v) is 13.5. The van der Waals surface area contributed by atoms with Crippen molar-refractivity contribution in [3.8, 4) is 0 Å². The number of halogens is 2. The summed E-state index contributed by atoms with van der Waals surface area (Å²) in [4.78, 5) is 24.4. The van der Waals surface area contributed by atoms with E-state index < -0.39 is 24.3 Å². The second-order valence-electron chi connectivity index (χ2n) is 4.61. The molecule has 0 radical (unpaired) electrons. The summed E-state index contributed by atoms with van der Waals surface area (Å²) in [6.45, 7) is 1.26. The highest BCUT2D eigenvalue weighted by molar-refractivity contribution is 6.18. The molecule has 122 valence electrons. The fourth-order valence-corrected chi connectivity index (χ4v) is 2.28. The van der Waals surface area contributed by atoms with E-state index in [0.29, 0.717) is 30.5 Å². The molecule has 4 N–H and O–H groups in total. The lowest BCUT2D eigenvalue weighted by molar-refractivity contribution is -0.138. The van der Waals surface area contributed by atoms with E-state index in [4.69, 9.17) is 34.0 Å². The lowest BCUT2D eigenvalue weighted by Crippen LogP contribution is -2.37. The van der Waals surface area contributed by atoms with Crippen LogP contribution in [0.4, 0.5) is 11.4 Å². The Bertz CT molecular complexity index is 508. The third-order valence-electron chi connectivity index (χ3n) is 2.92. The fraction of sp³-hybridized carbons (Fsp3) is 0.429. The molecule has 0 saturated heterocycles. The van der Waals surface area contributed by atoms with Crippen molar-refractivity contribution < 1.29 is 14.7 Å². The molecule has 0 aromatic heterocycles. The van der Waals surface area contributed by atoms with Crippen LogP contribution in [-0.4, -0.2) is 47.9 Å². The van der Waals surface area contributed by atoms with E-state index >= 15 is 0 Å². The number of nitrogens with zero attached hydrogens (tertiary/aromatic N) is 1. The Morgan fingerprint density at radius 2 is 1.91 bits per heavy atom. The van der Waals surface area contributed by atoms with Crippen molar-refractivity contribution in [1.29, 1.82) is 0 Å². The van der Waals surface area contributed by atoms with Crippen LogP contribution in [0.15, 0.2) is 24.3 Å². The number of amides is 1. The minimum Gasteiger partial charge on any atom is -0.481 e. The Morgan fingerprint density at radius 1 is 1.27 bits per heavy atom. The topological polar surface area (TPSA) is 95.7 Å². The first-order valence-corrected chi connectivity index (χ1v) is 7.80. The Balaban J connectivity index is 2.78. The number of anilines is 2. The summed E-state index contributed by atoms with van der Waals surface area (Å²) in [5.74, 6) is -0.749. The standard InChI is InChI=1S/C14H19Cl2N3O3/c15-4-6-19(7-5-16)11-3-1-2-10(8-11)18-14(22)12(17)9-13(20)21/h1-3,8,12H,4-7,9,17H2,(H,18,22)(H,20,21)/t12-/m1/s1. The Kier molecular flexibility index (Phi) is 8.01. The predicted molar refractivity (Wildman–Crippen MR) is 89.0 cm³/mol. The normalized spacial score (nSPS) is 11.8. The maximum absolute atomic E-state index is 11.8. The second-order valence-corrected chi connectivity index (χ2v) is 5.36. The van der Waals surface area contributed by atoms with Crippen LogP contribution in [0.25, 0.3) is 0 Å². The number of nitrogens with two attached hydrogens (primary N) is 1. The van der Waals surface area contributed by atoms with Gasteiger partial charge in [0.15, 0.2) is 0 Å². The van der Waals surface area contributed by atoms with Crippen molar-refractivity contribution in [3.63, 3.8) is 0 Å². The first-order valence-electron chi connectivity index (χ1n) is 6.73. The quantitative estimate of drug-likeness (QED) is 0.591. The van der Waals surface area contributed by atoms with Gasteiger partial charge in [-0.3, -0.25) is 9.59 Å². The summed E-state index contributed by atoms with van der Waals surface area (Å²) < 4.78 is 0. The molecule has 0 unspecified atom stereocenters. The number of carbonyl (C=O) groups excluding carboxylic acids is 1. The van der Waals surface area contributed by atoms with Crippen molar-refractivity contribution in [1.82, 2.24) is 0 Å². The minimum absolute atomic E-state index is 0.420. The van der Waals surface area contributed by atoms with E-state index in [1.165, 1.54) is 0 Å². The molecule has 1 aromatic rings. The maximum atomic E-state index is 11.8. The number of carboxylic acid groups (broad SMARTS) is 1. The largest absolute Gasteiger partial charge is 0.481 e. The number of alkyl halides is 2. The van der Waals surface area contributed by atoms with Crippen molar-refractivity contribution in [2.75, 3.05) is 35.1 Å². The number of aliphatic carboxylic acids is 1. The molecule has 0 aliphatic carbocycles. The van der Waals surface area contributed by atoms with Gasteiger partial charge in [-0.1, -0.05) is 6.07 Å². The summed E-state index contributed by atoms with van der Waals surface area (Å²) in [6.07, 6.45) is -0.420. The van der Waals surface area contributed by atoms with Crippen molar-refractivity contribution in [2.45, 2.75) is 12.5 Å². The molecule has 0 spiro atoms. The van der Waals surface area contributed by atoms with Crippen LogP contribution in [0.2, 0.25) is 0 Å². The van der Waals surface area contributed by atoms with E-state index in [0.717, 1.165) is 5.69 Å². The van der Waals surface area contributed by atoms with Crippen LogP contribution in [0.5, 0.6) is 0 Å². The van der Waals surface area contributed by atoms with E-state index in [2.05, 4.69) is 5.32 Å². The highest BCUT2D eigenvalue weighted by Gasteiger charge is 2.17. The third-order valence-corrected chi connectivity index (χ3v) is 3.26. The molecule has 0 aliphatic heterocycles. The molecule has 1 amide bonds. The molecule has 1 rings (SSSR count). The lowest BCUT2D eigenvalue weighted by atomic mass is 10.2. The van der Waals surface area contributed by atoms with Crippen LogP contribution >= 0.6 is 23.2 Å². The third kappa shape index (κ3) is 6.09. The van der Waals surface area contributed by atoms with Gasteiger partial charge in [-0.2, -0.15) is 0 Å². The first kappa shape index (κ1) is 18.5. The number of carbonyl (C=O) groups is 2. The van der Waals surface area contributed by atoms with Crippen LogP contribution < -0.4 is 16.0 Å². The van der Waals surface area contributed by atoms with Crippen LogP contribution in [0.1, 0.15) is 6.42 Å². The van der Waals surface area contributed by atoms with Gasteiger partial charge in [0.2, 0.25) is 5.91 Å². The summed E-state index contributed by atoms with van der Waals surface area (Å²) in [5, 5.41) is 11.2. The molecular weight excluding hydrogens is 329 g/mol. The predicted octanol–water partition coefficient (Wildman–Crippen LogP) is 1.71. The molecule has 0 saturated carbocycles. The Labute approximate surface area is 139 Å². The van der Waals surface area contributed by atoms with Crippen molar-refractivity contribution >= 4 is 46.5 Å². The molecule has 0 aliphatic rings. The van der Waals surface area contributed by atoms with Gasteiger partial charge >= 0.3 is 5.97 Å². The van der Waals surface area contributed by atoms with Gasteiger partial charge in [0.25, 0.3) is 0 Å². The Morgan fingerprint density at radius 3 is 2.45 bits per heavy atom. The van der Waals surface area contributed by atoms with Gasteiger partial charge in [0.05, 0.1) is 12.5 Å². The van der Waals surface area contributed by atoms with Crippen molar-refractivity contribution in [2.24, 2.45) is 5.73 Å². The summed E-state index contributed by atoms with van der Waals surface area (Å²) in [6, 6.07) is 6.04. The number of rotatable bonds is 9. The maximum Gasteiger partial charge on any atom is 0.305 e. The number of hydrogen-bond acceptors (Lipinski definition) is 4. The lowest BCUT2D eigenvalue weighted by Gasteiger charge is -2.23. The molecule has 0 bridgehead atoms. The van der Waals surface area contributed by atoms with Gasteiger partial charge in [-0.15, -0.1) is 23.2 Å².